The molecule has 1 aromatic carbocycles. The number of alkyl halides is 6. The lowest BCUT2D eigenvalue weighted by Crippen LogP contribution is -2.19. The van der Waals surface area contributed by atoms with Crippen molar-refractivity contribution in [1.29, 1.82) is 0 Å². The number of nitrogens with zero attached hydrogens (tertiary/aromatic N) is 2. The summed E-state index contributed by atoms with van der Waals surface area (Å²) in [4.78, 5) is 10.5. The summed E-state index contributed by atoms with van der Waals surface area (Å²) in [5.74, 6) is -1.91. The first-order chi connectivity index (χ1) is 12.2. The number of nitrogens with two attached hydrogens (primary N) is 1. The fourth-order valence-electron chi connectivity index (χ4n) is 2.05. The second-order valence-electron chi connectivity index (χ2n) is 5.03. The second kappa shape index (κ2) is 6.99. The van der Waals surface area contributed by atoms with Gasteiger partial charge in [0.1, 0.15) is 22.1 Å². The molecule has 1 unspecified atom stereocenters. The van der Waals surface area contributed by atoms with Crippen molar-refractivity contribution >= 4 is 45.6 Å². The Labute approximate surface area is 159 Å². The Morgan fingerprint density at radius 3 is 2.00 bits per heavy atom. The predicted molar refractivity (Wildman–Crippen MR) is 85.5 cm³/mol. The second-order valence-corrected chi connectivity index (χ2v) is 7.25. The van der Waals surface area contributed by atoms with E-state index < -0.39 is 66.0 Å². The van der Waals surface area contributed by atoms with E-state index in [2.05, 4.69) is 5.10 Å². The number of carbonyl (C=O) groups excluding carboxylic acids is 1. The molecule has 0 radical (unpaired) electrons. The minimum absolute atomic E-state index is 0.445. The van der Waals surface area contributed by atoms with Crippen molar-refractivity contribution in [1.82, 2.24) is 9.78 Å². The molecule has 0 aliphatic heterocycles. The van der Waals surface area contributed by atoms with Gasteiger partial charge in [-0.25, -0.2) is 8.89 Å². The third kappa shape index (κ3) is 4.06. The van der Waals surface area contributed by atoms with Crippen molar-refractivity contribution in [2.75, 3.05) is 5.73 Å². The molecule has 0 aliphatic rings. The van der Waals surface area contributed by atoms with Crippen molar-refractivity contribution in [3.8, 4) is 5.69 Å². The molecule has 2 rings (SSSR count). The zero-order chi connectivity index (χ0) is 20.9. The molecule has 27 heavy (non-hydrogen) atoms. The maximum Gasteiger partial charge on any atom is 0.476 e. The van der Waals surface area contributed by atoms with E-state index in [4.69, 9.17) is 28.9 Å². The maximum atomic E-state index is 12.8. The molecule has 1 heterocycles. The number of anilines is 1. The molecule has 0 saturated carbocycles. The summed E-state index contributed by atoms with van der Waals surface area (Å²) in [6.07, 6.45) is -4.80. The largest absolute Gasteiger partial charge is 0.476 e. The Morgan fingerprint density at radius 1 is 1.15 bits per heavy atom. The van der Waals surface area contributed by atoms with E-state index in [1.807, 2.05) is 0 Å². The average molecular weight is 454 g/mol. The summed E-state index contributed by atoms with van der Waals surface area (Å²) in [6, 6.07) is 0.912. The van der Waals surface area contributed by atoms with E-state index in [-0.39, 0.29) is 0 Å². The van der Waals surface area contributed by atoms with Crippen LogP contribution in [0.2, 0.25) is 10.0 Å². The Balaban J connectivity index is 2.79. The first-order valence-corrected chi connectivity index (χ1v) is 8.51. The van der Waals surface area contributed by atoms with Crippen LogP contribution in [0, 0.1) is 0 Å². The van der Waals surface area contributed by atoms with Crippen molar-refractivity contribution in [2.24, 2.45) is 0 Å². The van der Waals surface area contributed by atoms with E-state index in [9.17, 15) is 35.3 Å². The number of hydrogen-bond acceptors (Lipinski definition) is 4. The fourth-order valence-corrected chi connectivity index (χ4v) is 3.56. The normalized spacial score (nSPS) is 13.7. The molecule has 0 amide bonds. The van der Waals surface area contributed by atoms with Crippen LogP contribution in [0.25, 0.3) is 5.69 Å². The van der Waals surface area contributed by atoms with Crippen molar-refractivity contribution in [3.63, 3.8) is 0 Å². The van der Waals surface area contributed by atoms with Crippen LogP contribution >= 0.6 is 23.2 Å². The molecule has 0 fully saturated rings. The molecule has 5 nitrogen and oxygen atoms in total. The zero-order valence-electron chi connectivity index (χ0n) is 12.9. The van der Waals surface area contributed by atoms with Gasteiger partial charge >= 0.3 is 11.7 Å². The standard InChI is InChI=1S/C13H7Cl2F6N3O2S/c1-4(25)8-10(27(26)13(19,20)21)11(22)24(23-8)9-6(14)2-5(3-7(9)15)12(16,17)18/h2-3H,22H2,1H3. The van der Waals surface area contributed by atoms with Gasteiger partial charge in [0.15, 0.2) is 16.6 Å². The van der Waals surface area contributed by atoms with E-state index in [1.54, 1.807) is 0 Å². The minimum Gasteiger partial charge on any atom is -0.383 e. The van der Waals surface area contributed by atoms with Gasteiger partial charge in [0.05, 0.1) is 15.6 Å². The van der Waals surface area contributed by atoms with Gasteiger partial charge < -0.3 is 5.73 Å². The SMILES string of the molecule is CC(=O)c1nn(-c2c(Cl)cc(C(F)(F)F)cc2Cl)c(N)c1S(=O)C(F)(F)F. The number of carbonyl (C=O) groups is 1. The highest BCUT2D eigenvalue weighted by atomic mass is 35.5. The number of hydrogen-bond donors (Lipinski definition) is 1. The molecule has 0 spiro atoms. The van der Waals surface area contributed by atoms with E-state index >= 15 is 0 Å². The summed E-state index contributed by atoms with van der Waals surface area (Å²) in [7, 11) is -3.72. The smallest absolute Gasteiger partial charge is 0.383 e. The van der Waals surface area contributed by atoms with Crippen LogP contribution in [0.4, 0.5) is 32.2 Å². The summed E-state index contributed by atoms with van der Waals surface area (Å²) in [6.45, 7) is 0.846. The lowest BCUT2D eigenvalue weighted by atomic mass is 10.2. The van der Waals surface area contributed by atoms with Crippen LogP contribution in [0.5, 0.6) is 0 Å². The van der Waals surface area contributed by atoms with Gasteiger partial charge in [-0.2, -0.15) is 31.4 Å². The van der Waals surface area contributed by atoms with Gasteiger partial charge in [0.2, 0.25) is 0 Å². The number of Topliss-reactive ketones (excluding diaryl/α,β-unsaturated/α-hetero) is 1. The van der Waals surface area contributed by atoms with E-state index in [1.165, 1.54) is 0 Å². The lowest BCUT2D eigenvalue weighted by Gasteiger charge is -2.13. The van der Waals surface area contributed by atoms with Gasteiger partial charge in [0.25, 0.3) is 0 Å². The molecule has 2 aromatic rings. The first kappa shape index (κ1) is 21.5. The summed E-state index contributed by atoms with van der Waals surface area (Å²) < 4.78 is 89.0. The molecule has 1 atom stereocenters. The number of halogens is 8. The third-order valence-corrected chi connectivity index (χ3v) is 4.93. The number of rotatable bonds is 3. The van der Waals surface area contributed by atoms with Crippen LogP contribution in [-0.2, 0) is 17.0 Å². The number of nitrogen functional groups attached to an aromatic ring is 1. The molecular formula is C13H7Cl2F6N3O2S. The van der Waals surface area contributed by atoms with Crippen molar-refractivity contribution < 1.29 is 35.3 Å². The molecule has 1 aromatic heterocycles. The quantitative estimate of drug-likeness (QED) is 0.543. The Kier molecular flexibility index (Phi) is 5.56. The summed E-state index contributed by atoms with van der Waals surface area (Å²) in [5, 5.41) is 2.23. The van der Waals surface area contributed by atoms with E-state index in [0.29, 0.717) is 16.8 Å². The minimum atomic E-state index is -5.26. The monoisotopic (exact) mass is 453 g/mol. The predicted octanol–water partition coefficient (Wildman–Crippen LogP) is 4.61. The van der Waals surface area contributed by atoms with Crippen LogP contribution in [0.3, 0.4) is 0 Å². The average Bonchev–Trinajstić information content (AvgIpc) is 2.81. The molecule has 2 N–H and O–H groups in total. The highest BCUT2D eigenvalue weighted by molar-refractivity contribution is 7.86. The first-order valence-electron chi connectivity index (χ1n) is 6.61. The third-order valence-electron chi connectivity index (χ3n) is 3.16. The highest BCUT2D eigenvalue weighted by Crippen LogP contribution is 2.40. The molecular weight excluding hydrogens is 447 g/mol. The lowest BCUT2D eigenvalue weighted by molar-refractivity contribution is -0.137. The highest BCUT2D eigenvalue weighted by Gasteiger charge is 2.43. The number of benzene rings is 1. The Morgan fingerprint density at radius 2 is 1.63 bits per heavy atom. The molecule has 0 bridgehead atoms. The summed E-state index contributed by atoms with van der Waals surface area (Å²) in [5.41, 5.74) is -2.32. The molecule has 0 aliphatic carbocycles. The van der Waals surface area contributed by atoms with Gasteiger partial charge in [-0.15, -0.1) is 0 Å². The van der Waals surface area contributed by atoms with Gasteiger partial charge in [0, 0.05) is 6.92 Å². The van der Waals surface area contributed by atoms with Crippen molar-refractivity contribution in [3.05, 3.63) is 33.4 Å². The van der Waals surface area contributed by atoms with Crippen LogP contribution in [0.15, 0.2) is 17.0 Å². The van der Waals surface area contributed by atoms with Crippen LogP contribution < -0.4 is 5.73 Å². The molecule has 14 heteroatoms. The Bertz CT molecular complexity index is 932. The van der Waals surface area contributed by atoms with Crippen LogP contribution in [-0.4, -0.2) is 25.3 Å². The Hall–Kier alpha value is -1.79. The molecule has 0 saturated heterocycles. The maximum absolute atomic E-state index is 12.8. The fraction of sp³-hybridized carbons (Fsp3) is 0.231. The number of ketones is 1. The van der Waals surface area contributed by atoms with Gasteiger partial charge in [-0.1, -0.05) is 23.2 Å². The van der Waals surface area contributed by atoms with Crippen molar-refractivity contribution in [2.45, 2.75) is 23.5 Å². The number of aromatic nitrogens is 2. The topological polar surface area (TPSA) is 78.0 Å². The molecule has 148 valence electrons. The van der Waals surface area contributed by atoms with Gasteiger partial charge in [-0.05, 0) is 12.1 Å². The zero-order valence-corrected chi connectivity index (χ0v) is 15.2. The van der Waals surface area contributed by atoms with Gasteiger partial charge in [-0.3, -0.25) is 4.79 Å². The van der Waals surface area contributed by atoms with E-state index in [0.717, 1.165) is 6.92 Å². The summed E-state index contributed by atoms with van der Waals surface area (Å²) >= 11 is 11.5. The van der Waals surface area contributed by atoms with Crippen LogP contribution in [0.1, 0.15) is 23.0 Å².